The fraction of sp³-hybridized carbons (Fsp3) is 0.391. The molecule has 1 N–H and O–H groups in total. The Kier molecular flexibility index (Phi) is 6.82. The van der Waals surface area contributed by atoms with Gasteiger partial charge < -0.3 is 15.1 Å². The Hall–Kier alpha value is -2.66. The number of likely N-dealkylation sites (N-methyl/N-ethyl adjacent to an activating group) is 1. The summed E-state index contributed by atoms with van der Waals surface area (Å²) in [5, 5.41) is 3.23. The van der Waals surface area contributed by atoms with Gasteiger partial charge in [-0.1, -0.05) is 60.7 Å². The van der Waals surface area contributed by atoms with Gasteiger partial charge >= 0.3 is 0 Å². The summed E-state index contributed by atoms with van der Waals surface area (Å²) in [4.78, 5) is 29.2. The monoisotopic (exact) mass is 379 g/mol. The highest BCUT2D eigenvalue weighted by Crippen LogP contribution is 2.24. The zero-order valence-corrected chi connectivity index (χ0v) is 16.7. The number of nitrogens with one attached hydrogen (secondary N) is 1. The second-order valence-corrected chi connectivity index (χ2v) is 7.64. The number of hydrogen-bond acceptors (Lipinski definition) is 3. The molecule has 0 saturated carbocycles. The van der Waals surface area contributed by atoms with E-state index >= 15 is 0 Å². The predicted octanol–water partition coefficient (Wildman–Crippen LogP) is 2.69. The minimum absolute atomic E-state index is 0.0139. The highest BCUT2D eigenvalue weighted by Gasteiger charge is 2.31. The van der Waals surface area contributed by atoms with Gasteiger partial charge in [0.25, 0.3) is 0 Å². The zero-order chi connectivity index (χ0) is 19.9. The topological polar surface area (TPSA) is 52.6 Å². The summed E-state index contributed by atoms with van der Waals surface area (Å²) in [6.45, 7) is 1.96. The third kappa shape index (κ3) is 5.20. The van der Waals surface area contributed by atoms with Crippen LogP contribution in [0.2, 0.25) is 0 Å². The number of rotatable bonds is 7. The highest BCUT2D eigenvalue weighted by molar-refractivity contribution is 5.84. The van der Waals surface area contributed by atoms with Crippen molar-refractivity contribution in [3.63, 3.8) is 0 Å². The predicted molar refractivity (Wildman–Crippen MR) is 111 cm³/mol. The zero-order valence-electron chi connectivity index (χ0n) is 16.7. The summed E-state index contributed by atoms with van der Waals surface area (Å²) in [5.74, 6) is -0.0107. The van der Waals surface area contributed by atoms with Crippen LogP contribution >= 0.6 is 0 Å². The first-order valence-electron chi connectivity index (χ1n) is 9.87. The van der Waals surface area contributed by atoms with E-state index in [0.29, 0.717) is 25.9 Å². The van der Waals surface area contributed by atoms with Crippen LogP contribution in [0, 0.1) is 5.92 Å². The summed E-state index contributed by atoms with van der Waals surface area (Å²) >= 11 is 0. The Morgan fingerprint density at radius 3 is 2.18 bits per heavy atom. The lowest BCUT2D eigenvalue weighted by molar-refractivity contribution is -0.138. The Morgan fingerprint density at radius 2 is 1.64 bits per heavy atom. The number of amides is 2. The SMILES string of the molecule is CN(C)CCN1CC(C(=O)NC(c2ccccc2)c2ccccc2)CCC1=O. The van der Waals surface area contributed by atoms with Gasteiger partial charge in [-0.05, 0) is 31.6 Å². The van der Waals surface area contributed by atoms with Gasteiger partial charge in [-0.15, -0.1) is 0 Å². The molecule has 5 nitrogen and oxygen atoms in total. The van der Waals surface area contributed by atoms with Crippen LogP contribution < -0.4 is 5.32 Å². The molecule has 28 heavy (non-hydrogen) atoms. The largest absolute Gasteiger partial charge is 0.345 e. The second-order valence-electron chi connectivity index (χ2n) is 7.64. The summed E-state index contributed by atoms with van der Waals surface area (Å²) in [6.07, 6.45) is 1.05. The van der Waals surface area contributed by atoms with Crippen LogP contribution in [0.15, 0.2) is 60.7 Å². The number of carbonyl (C=O) groups excluding carboxylic acids is 2. The number of carbonyl (C=O) groups is 2. The smallest absolute Gasteiger partial charge is 0.225 e. The van der Waals surface area contributed by atoms with E-state index in [-0.39, 0.29) is 23.8 Å². The molecule has 0 spiro atoms. The summed E-state index contributed by atoms with van der Waals surface area (Å²) in [7, 11) is 3.98. The Morgan fingerprint density at radius 1 is 1.07 bits per heavy atom. The molecule has 0 radical (unpaired) electrons. The van der Waals surface area contributed by atoms with Crippen LogP contribution in [0.25, 0.3) is 0 Å². The average molecular weight is 380 g/mol. The van der Waals surface area contributed by atoms with Crippen LogP contribution in [0.3, 0.4) is 0 Å². The van der Waals surface area contributed by atoms with Gasteiger partial charge in [0, 0.05) is 26.1 Å². The first kappa shape index (κ1) is 20.1. The van der Waals surface area contributed by atoms with Crippen LogP contribution in [-0.4, -0.2) is 55.3 Å². The molecular formula is C23H29N3O2. The highest BCUT2D eigenvalue weighted by atomic mass is 16.2. The molecule has 0 aliphatic carbocycles. The van der Waals surface area contributed by atoms with Gasteiger partial charge in [-0.2, -0.15) is 0 Å². The van der Waals surface area contributed by atoms with E-state index in [1.54, 1.807) is 0 Å². The first-order valence-corrected chi connectivity index (χ1v) is 9.87. The second kappa shape index (κ2) is 9.51. The standard InChI is InChI=1S/C23H29N3O2/c1-25(2)15-16-26-17-20(13-14-21(26)27)23(28)24-22(18-9-5-3-6-10-18)19-11-7-4-8-12-19/h3-12,20,22H,13-17H2,1-2H3,(H,24,28). The van der Waals surface area contributed by atoms with E-state index in [9.17, 15) is 9.59 Å². The fourth-order valence-electron chi connectivity index (χ4n) is 3.58. The number of nitrogens with zero attached hydrogens (tertiary/aromatic N) is 2. The molecule has 5 heteroatoms. The molecule has 1 aliphatic heterocycles. The van der Waals surface area contributed by atoms with Crippen molar-refractivity contribution in [2.24, 2.45) is 5.92 Å². The van der Waals surface area contributed by atoms with Gasteiger partial charge in [0.1, 0.15) is 0 Å². The van der Waals surface area contributed by atoms with Crippen molar-refractivity contribution in [1.82, 2.24) is 15.1 Å². The van der Waals surface area contributed by atoms with Crippen LogP contribution in [0.4, 0.5) is 0 Å². The van der Waals surface area contributed by atoms with Gasteiger partial charge in [0.05, 0.1) is 12.0 Å². The Labute approximate surface area is 167 Å². The van der Waals surface area contributed by atoms with E-state index < -0.39 is 0 Å². The van der Waals surface area contributed by atoms with Crippen molar-refractivity contribution in [3.8, 4) is 0 Å². The fourth-order valence-corrected chi connectivity index (χ4v) is 3.58. The van der Waals surface area contributed by atoms with Crippen molar-refractivity contribution in [2.45, 2.75) is 18.9 Å². The van der Waals surface area contributed by atoms with Crippen molar-refractivity contribution in [2.75, 3.05) is 33.7 Å². The molecule has 0 bridgehead atoms. The van der Waals surface area contributed by atoms with E-state index in [1.165, 1.54) is 0 Å². The molecule has 1 heterocycles. The van der Waals surface area contributed by atoms with Gasteiger partial charge in [0.15, 0.2) is 0 Å². The molecule has 1 atom stereocenters. The summed E-state index contributed by atoms with van der Waals surface area (Å²) in [5.41, 5.74) is 2.11. The maximum atomic E-state index is 13.1. The molecule has 2 aromatic rings. The third-order valence-corrected chi connectivity index (χ3v) is 5.24. The van der Waals surface area contributed by atoms with Crippen molar-refractivity contribution in [3.05, 3.63) is 71.8 Å². The van der Waals surface area contributed by atoms with Gasteiger partial charge in [-0.3, -0.25) is 9.59 Å². The third-order valence-electron chi connectivity index (χ3n) is 5.24. The minimum Gasteiger partial charge on any atom is -0.345 e. The molecule has 1 saturated heterocycles. The van der Waals surface area contributed by atoms with E-state index in [4.69, 9.17) is 0 Å². The number of piperidine rings is 1. The number of likely N-dealkylation sites (tertiary alicyclic amines) is 1. The van der Waals surface area contributed by atoms with E-state index in [1.807, 2.05) is 79.7 Å². The molecule has 1 aliphatic rings. The average Bonchev–Trinajstić information content (AvgIpc) is 2.72. The molecule has 2 aromatic carbocycles. The maximum absolute atomic E-state index is 13.1. The number of benzene rings is 2. The van der Waals surface area contributed by atoms with Crippen molar-refractivity contribution < 1.29 is 9.59 Å². The lowest BCUT2D eigenvalue weighted by Crippen LogP contribution is -2.48. The minimum atomic E-state index is -0.192. The Bertz CT molecular complexity index is 737. The van der Waals surface area contributed by atoms with Crippen molar-refractivity contribution >= 4 is 11.8 Å². The molecule has 1 unspecified atom stereocenters. The molecule has 1 fully saturated rings. The summed E-state index contributed by atoms with van der Waals surface area (Å²) in [6, 6.07) is 19.8. The number of hydrogen-bond donors (Lipinski definition) is 1. The van der Waals surface area contributed by atoms with Crippen LogP contribution in [0.1, 0.15) is 30.0 Å². The quantitative estimate of drug-likeness (QED) is 0.805. The normalized spacial score (nSPS) is 17.2. The molecule has 0 aromatic heterocycles. The first-order chi connectivity index (χ1) is 13.5. The summed E-state index contributed by atoms with van der Waals surface area (Å²) < 4.78 is 0. The van der Waals surface area contributed by atoms with Gasteiger partial charge in [0.2, 0.25) is 11.8 Å². The molecule has 148 valence electrons. The molecule has 2 amide bonds. The lowest BCUT2D eigenvalue weighted by atomic mass is 9.94. The molecular weight excluding hydrogens is 350 g/mol. The van der Waals surface area contributed by atoms with Crippen LogP contribution in [0.5, 0.6) is 0 Å². The van der Waals surface area contributed by atoms with Gasteiger partial charge in [-0.25, -0.2) is 0 Å². The molecule has 3 rings (SSSR count). The maximum Gasteiger partial charge on any atom is 0.225 e. The van der Waals surface area contributed by atoms with E-state index in [2.05, 4.69) is 10.2 Å². The lowest BCUT2D eigenvalue weighted by Gasteiger charge is -2.33. The Balaban J connectivity index is 1.72. The van der Waals surface area contributed by atoms with E-state index in [0.717, 1.165) is 17.7 Å². The van der Waals surface area contributed by atoms with Crippen molar-refractivity contribution in [1.29, 1.82) is 0 Å². The van der Waals surface area contributed by atoms with Crippen LogP contribution in [-0.2, 0) is 9.59 Å².